The molecule has 0 radical (unpaired) electrons. The summed E-state index contributed by atoms with van der Waals surface area (Å²) >= 11 is 0. The normalized spacial score (nSPS) is 14.6. The number of aryl methyl sites for hydroxylation is 1. The van der Waals surface area contributed by atoms with Crippen LogP contribution in [0.1, 0.15) is 24.1 Å². The van der Waals surface area contributed by atoms with Crippen molar-refractivity contribution >= 4 is 17.4 Å². The average molecular weight is 383 g/mol. The molecule has 0 fully saturated rings. The molecular formula is C20H22FN5O2. The van der Waals surface area contributed by atoms with Gasteiger partial charge in [-0.05, 0) is 19.1 Å². The van der Waals surface area contributed by atoms with Crippen molar-refractivity contribution in [2.24, 2.45) is 5.92 Å². The van der Waals surface area contributed by atoms with Gasteiger partial charge in [0.15, 0.2) is 5.82 Å². The lowest BCUT2D eigenvalue weighted by Crippen LogP contribution is -2.40. The van der Waals surface area contributed by atoms with Gasteiger partial charge in [-0.1, -0.05) is 24.2 Å². The molecule has 8 heteroatoms. The third kappa shape index (κ3) is 3.49. The second-order valence-corrected chi connectivity index (χ2v) is 7.08. The molecule has 3 aromatic rings. The van der Waals surface area contributed by atoms with Gasteiger partial charge in [-0.25, -0.2) is 9.37 Å². The molecule has 0 bridgehead atoms. The van der Waals surface area contributed by atoms with Crippen LogP contribution in [0.15, 0.2) is 41.2 Å². The number of rotatable bonds is 5. The first-order valence-corrected chi connectivity index (χ1v) is 9.28. The molecule has 7 nitrogen and oxygen atoms in total. The van der Waals surface area contributed by atoms with E-state index in [1.165, 1.54) is 6.07 Å². The first kappa shape index (κ1) is 18.2. The van der Waals surface area contributed by atoms with Crippen LogP contribution in [-0.4, -0.2) is 32.1 Å². The summed E-state index contributed by atoms with van der Waals surface area (Å²) in [7, 11) is 0. The van der Waals surface area contributed by atoms with E-state index in [0.717, 1.165) is 17.1 Å². The molecule has 1 amide bonds. The molecule has 1 aliphatic rings. The Kier molecular flexibility index (Phi) is 4.85. The summed E-state index contributed by atoms with van der Waals surface area (Å²) in [5, 5.41) is 7.02. The number of anilines is 2. The highest BCUT2D eigenvalue weighted by Gasteiger charge is 2.29. The van der Waals surface area contributed by atoms with E-state index >= 15 is 0 Å². The number of carbonyl (C=O) groups is 1. The second kappa shape index (κ2) is 7.46. The van der Waals surface area contributed by atoms with Crippen molar-refractivity contribution in [1.82, 2.24) is 19.6 Å². The Bertz CT molecular complexity index is 996. The smallest absolute Gasteiger partial charge is 0.227 e. The highest BCUT2D eigenvalue weighted by atomic mass is 19.1. The summed E-state index contributed by atoms with van der Waals surface area (Å²) in [6, 6.07) is 6.39. The number of fused-ring (bicyclic) bond motifs is 1. The lowest BCUT2D eigenvalue weighted by Gasteiger charge is -2.29. The molecule has 0 spiro atoms. The maximum atomic E-state index is 13.9. The number of benzene rings is 1. The number of nitrogens with zero attached hydrogens (tertiary/aromatic N) is 4. The molecule has 0 saturated heterocycles. The van der Waals surface area contributed by atoms with Crippen LogP contribution in [0.5, 0.6) is 0 Å². The van der Waals surface area contributed by atoms with Crippen LogP contribution in [0.4, 0.5) is 15.9 Å². The van der Waals surface area contributed by atoms with Crippen LogP contribution >= 0.6 is 0 Å². The van der Waals surface area contributed by atoms with Crippen molar-refractivity contribution < 1.29 is 13.7 Å². The van der Waals surface area contributed by atoms with Crippen molar-refractivity contribution in [2.45, 2.75) is 33.4 Å². The summed E-state index contributed by atoms with van der Waals surface area (Å²) in [5.74, 6) is 1.59. The van der Waals surface area contributed by atoms with Gasteiger partial charge in [-0.3, -0.25) is 4.79 Å². The Hall–Kier alpha value is -3.16. The molecule has 1 aliphatic heterocycles. The molecule has 1 aromatic carbocycles. The molecule has 0 saturated carbocycles. The van der Waals surface area contributed by atoms with E-state index in [-0.39, 0.29) is 17.6 Å². The van der Waals surface area contributed by atoms with Crippen LogP contribution in [-0.2, 0) is 24.3 Å². The lowest BCUT2D eigenvalue weighted by atomic mass is 10.0. The fraction of sp³-hybridized carbons (Fsp3) is 0.350. The zero-order chi connectivity index (χ0) is 19.7. The van der Waals surface area contributed by atoms with E-state index in [0.29, 0.717) is 37.6 Å². The molecule has 0 unspecified atom stereocenters. The minimum Gasteiger partial charge on any atom is -0.359 e. The van der Waals surface area contributed by atoms with Gasteiger partial charge in [0, 0.05) is 31.9 Å². The lowest BCUT2D eigenvalue weighted by molar-refractivity contribution is -0.136. The van der Waals surface area contributed by atoms with E-state index in [2.05, 4.69) is 15.5 Å². The first-order valence-electron chi connectivity index (χ1n) is 9.28. The van der Waals surface area contributed by atoms with Gasteiger partial charge in [0.1, 0.15) is 17.4 Å². The quantitative estimate of drug-likeness (QED) is 0.732. The minimum atomic E-state index is -0.368. The van der Waals surface area contributed by atoms with Gasteiger partial charge < -0.3 is 19.3 Å². The maximum absolute atomic E-state index is 13.9. The molecule has 4 rings (SSSR count). The third-order valence-corrected chi connectivity index (χ3v) is 5.08. The Morgan fingerprint density at radius 3 is 2.96 bits per heavy atom. The first-order chi connectivity index (χ1) is 13.5. The van der Waals surface area contributed by atoms with Crippen LogP contribution in [0, 0.1) is 18.7 Å². The van der Waals surface area contributed by atoms with Gasteiger partial charge in [0.2, 0.25) is 5.91 Å². The zero-order valence-electron chi connectivity index (χ0n) is 15.9. The monoisotopic (exact) mass is 383 g/mol. The number of halogens is 1. The number of nitrogens with one attached hydrogen (secondary N) is 1. The van der Waals surface area contributed by atoms with E-state index in [1.54, 1.807) is 24.4 Å². The van der Waals surface area contributed by atoms with E-state index in [4.69, 9.17) is 4.52 Å². The van der Waals surface area contributed by atoms with Gasteiger partial charge in [-0.15, -0.1) is 0 Å². The summed E-state index contributed by atoms with van der Waals surface area (Å²) in [5.41, 5.74) is 1.12. The summed E-state index contributed by atoms with van der Waals surface area (Å²) in [4.78, 5) is 19.0. The number of carbonyl (C=O) groups excluding carboxylic acids is 1. The fourth-order valence-electron chi connectivity index (χ4n) is 3.47. The van der Waals surface area contributed by atoms with Crippen molar-refractivity contribution in [3.05, 3.63) is 59.6 Å². The van der Waals surface area contributed by atoms with Gasteiger partial charge in [0.05, 0.1) is 23.7 Å². The Morgan fingerprint density at radius 1 is 1.39 bits per heavy atom. The highest BCUT2D eigenvalue weighted by molar-refractivity contribution is 5.79. The predicted molar refractivity (Wildman–Crippen MR) is 101 cm³/mol. The number of hydrogen-bond donors (Lipinski definition) is 1. The standard InChI is InChI=1S/C20H22FN5O2/c1-13(11-25-10-8-22-14(25)2)20(27)26-9-7-18-15(12-26)19(24-28-18)23-17-6-4-3-5-16(17)21/h3-6,8,10,13H,7,9,11-12H2,1-2H3,(H,23,24)/t13-/m1/s1. The number of aromatic nitrogens is 3. The number of imidazole rings is 1. The van der Waals surface area contributed by atoms with E-state index < -0.39 is 0 Å². The Balaban J connectivity index is 1.48. The third-order valence-electron chi connectivity index (χ3n) is 5.08. The molecule has 1 atom stereocenters. The molecule has 2 aromatic heterocycles. The molecule has 28 heavy (non-hydrogen) atoms. The largest absolute Gasteiger partial charge is 0.359 e. The van der Waals surface area contributed by atoms with Crippen LogP contribution < -0.4 is 5.32 Å². The number of para-hydroxylation sites is 1. The zero-order valence-corrected chi connectivity index (χ0v) is 15.9. The Morgan fingerprint density at radius 2 is 2.21 bits per heavy atom. The topological polar surface area (TPSA) is 76.2 Å². The fourth-order valence-corrected chi connectivity index (χ4v) is 3.47. The van der Waals surface area contributed by atoms with Gasteiger partial charge >= 0.3 is 0 Å². The maximum Gasteiger partial charge on any atom is 0.227 e. The number of hydrogen-bond acceptors (Lipinski definition) is 5. The molecule has 0 aliphatic carbocycles. The molecular weight excluding hydrogens is 361 g/mol. The molecule has 1 N–H and O–H groups in total. The van der Waals surface area contributed by atoms with Crippen LogP contribution in [0.25, 0.3) is 0 Å². The van der Waals surface area contributed by atoms with Gasteiger partial charge in [0.25, 0.3) is 0 Å². The number of amides is 1. The van der Waals surface area contributed by atoms with Crippen LogP contribution in [0.2, 0.25) is 0 Å². The van der Waals surface area contributed by atoms with Crippen LogP contribution in [0.3, 0.4) is 0 Å². The predicted octanol–water partition coefficient (Wildman–Crippen LogP) is 3.28. The minimum absolute atomic E-state index is 0.0665. The average Bonchev–Trinajstić information content (AvgIpc) is 3.29. The summed E-state index contributed by atoms with van der Waals surface area (Å²) in [6.07, 6.45) is 4.20. The SMILES string of the molecule is Cc1nccn1C[C@@H](C)C(=O)N1CCc2onc(Nc3ccccc3F)c2C1. The highest BCUT2D eigenvalue weighted by Crippen LogP contribution is 2.29. The van der Waals surface area contributed by atoms with E-state index in [1.807, 2.05) is 29.5 Å². The van der Waals surface area contributed by atoms with Crippen molar-refractivity contribution in [1.29, 1.82) is 0 Å². The van der Waals surface area contributed by atoms with Crippen molar-refractivity contribution in [2.75, 3.05) is 11.9 Å². The van der Waals surface area contributed by atoms with Crippen molar-refractivity contribution in [3.63, 3.8) is 0 Å². The van der Waals surface area contributed by atoms with E-state index in [9.17, 15) is 9.18 Å². The molecule has 146 valence electrons. The summed E-state index contributed by atoms with van der Waals surface area (Å²) < 4.78 is 21.3. The Labute approximate surface area is 162 Å². The molecule has 3 heterocycles. The summed E-state index contributed by atoms with van der Waals surface area (Å²) in [6.45, 7) is 5.39. The van der Waals surface area contributed by atoms with Crippen molar-refractivity contribution in [3.8, 4) is 0 Å². The van der Waals surface area contributed by atoms with Gasteiger partial charge in [-0.2, -0.15) is 0 Å². The second-order valence-electron chi connectivity index (χ2n) is 7.08.